The van der Waals surface area contributed by atoms with Crippen molar-refractivity contribution in [2.24, 2.45) is 4.99 Å². The molecule has 0 unspecified atom stereocenters. The summed E-state index contributed by atoms with van der Waals surface area (Å²) in [6.07, 6.45) is 2.82. The van der Waals surface area contributed by atoms with Gasteiger partial charge in [0.2, 0.25) is 0 Å². The van der Waals surface area contributed by atoms with E-state index in [1.807, 2.05) is 49.4 Å². The number of methoxy groups -OCH3 is 2. The number of thioether (sulfide) groups is 1. The van der Waals surface area contributed by atoms with Gasteiger partial charge in [0.05, 0.1) is 34.5 Å². The largest absolute Gasteiger partial charge is 0.497 e. The first-order chi connectivity index (χ1) is 14.4. The maximum atomic E-state index is 12.4. The number of ether oxygens (including phenoxy) is 3. The Morgan fingerprint density at radius 1 is 1.20 bits per heavy atom. The van der Waals surface area contributed by atoms with E-state index in [9.17, 15) is 4.79 Å². The van der Waals surface area contributed by atoms with E-state index in [-0.39, 0.29) is 12.0 Å². The number of aliphatic imine (C=N–C) groups is 1. The molecule has 1 saturated heterocycles. The minimum atomic E-state index is -0.179. The monoisotopic (exact) mass is 538 g/mol. The third kappa shape index (κ3) is 5.48. The maximum absolute atomic E-state index is 12.4. The number of carbonyl (C=O) groups excluding carboxylic acids is 1. The Bertz CT molecular complexity index is 989. The molecular weight excluding hydrogens is 515 g/mol. The Morgan fingerprint density at radius 3 is 2.57 bits per heavy atom. The number of hydrogen-bond donors (Lipinski definition) is 1. The van der Waals surface area contributed by atoms with Gasteiger partial charge in [0, 0.05) is 0 Å². The first-order valence-corrected chi connectivity index (χ1v) is 11.3. The van der Waals surface area contributed by atoms with Crippen molar-refractivity contribution in [2.45, 2.75) is 26.4 Å². The van der Waals surface area contributed by atoms with Gasteiger partial charge in [-0.15, -0.1) is 0 Å². The summed E-state index contributed by atoms with van der Waals surface area (Å²) in [5.74, 6) is 1.94. The van der Waals surface area contributed by atoms with Gasteiger partial charge in [-0.05, 0) is 95.7 Å². The first-order valence-electron chi connectivity index (χ1n) is 9.41. The van der Waals surface area contributed by atoms with Crippen molar-refractivity contribution in [3.8, 4) is 17.2 Å². The van der Waals surface area contributed by atoms with Crippen LogP contribution in [-0.2, 0) is 4.79 Å². The highest BCUT2D eigenvalue weighted by Gasteiger charge is 2.24. The molecule has 0 aliphatic carbocycles. The fourth-order valence-corrected chi connectivity index (χ4v) is 4.22. The molecule has 6 nitrogen and oxygen atoms in total. The van der Waals surface area contributed by atoms with Crippen LogP contribution in [0.5, 0.6) is 17.2 Å². The molecular formula is C22H23IN2O4S. The second-order valence-electron chi connectivity index (χ2n) is 6.55. The predicted octanol–water partition coefficient (Wildman–Crippen LogP) is 5.38. The molecule has 0 bridgehead atoms. The van der Waals surface area contributed by atoms with E-state index in [0.29, 0.717) is 15.8 Å². The van der Waals surface area contributed by atoms with Crippen LogP contribution < -0.4 is 19.5 Å². The third-order valence-corrected chi connectivity index (χ3v) is 6.11. The van der Waals surface area contributed by atoms with E-state index in [1.165, 1.54) is 11.8 Å². The van der Waals surface area contributed by atoms with E-state index < -0.39 is 0 Å². The van der Waals surface area contributed by atoms with Crippen LogP contribution in [0.2, 0.25) is 0 Å². The third-order valence-electron chi connectivity index (χ3n) is 4.40. The summed E-state index contributed by atoms with van der Waals surface area (Å²) in [5.41, 5.74) is 1.60. The average molecular weight is 538 g/mol. The number of carbonyl (C=O) groups is 1. The quantitative estimate of drug-likeness (QED) is 0.379. The van der Waals surface area contributed by atoms with Crippen molar-refractivity contribution in [3.63, 3.8) is 0 Å². The zero-order valence-electron chi connectivity index (χ0n) is 17.2. The number of nitrogens with one attached hydrogen (secondary N) is 1. The lowest BCUT2D eigenvalue weighted by molar-refractivity contribution is -0.115. The molecule has 1 aliphatic heterocycles. The number of hydrogen-bond acceptors (Lipinski definition) is 6. The molecule has 30 heavy (non-hydrogen) atoms. The molecule has 3 rings (SSSR count). The summed E-state index contributed by atoms with van der Waals surface area (Å²) in [6, 6.07) is 11.2. The highest BCUT2D eigenvalue weighted by molar-refractivity contribution is 14.1. The van der Waals surface area contributed by atoms with E-state index >= 15 is 0 Å². The summed E-state index contributed by atoms with van der Waals surface area (Å²) in [4.78, 5) is 17.5. The molecule has 2 aromatic rings. The second-order valence-corrected chi connectivity index (χ2v) is 8.74. The lowest BCUT2D eigenvalue weighted by atomic mass is 10.2. The number of amidine groups is 1. The van der Waals surface area contributed by atoms with Gasteiger partial charge < -0.3 is 19.5 Å². The molecule has 1 fully saturated rings. The Morgan fingerprint density at radius 2 is 1.93 bits per heavy atom. The summed E-state index contributed by atoms with van der Waals surface area (Å²) in [6.45, 7) is 4.10. The Kier molecular flexibility index (Phi) is 7.65. The summed E-state index contributed by atoms with van der Waals surface area (Å²) in [7, 11) is 3.23. The Balaban J connectivity index is 1.83. The molecule has 1 N–H and O–H groups in total. The van der Waals surface area contributed by atoms with Crippen molar-refractivity contribution in [1.82, 2.24) is 5.32 Å². The van der Waals surface area contributed by atoms with Crippen molar-refractivity contribution >= 4 is 57.2 Å². The number of nitrogens with zero attached hydrogens (tertiary/aromatic N) is 1. The van der Waals surface area contributed by atoms with Gasteiger partial charge >= 0.3 is 0 Å². The molecule has 1 atom stereocenters. The van der Waals surface area contributed by atoms with Crippen LogP contribution in [0, 0.1) is 3.57 Å². The fourth-order valence-electron chi connectivity index (χ4n) is 2.63. The van der Waals surface area contributed by atoms with Crippen molar-refractivity contribution < 1.29 is 19.0 Å². The van der Waals surface area contributed by atoms with Crippen LogP contribution in [0.1, 0.15) is 25.8 Å². The SMILES string of the molecule is CC[C@H](C)Oc1c(I)cc(/C=C2/SC(=Nc3ccc(OC)cc3)NC2=O)cc1OC. The summed E-state index contributed by atoms with van der Waals surface area (Å²) >= 11 is 3.53. The normalized spacial score (nSPS) is 17.2. The highest BCUT2D eigenvalue weighted by Crippen LogP contribution is 2.37. The molecule has 2 aromatic carbocycles. The zero-order chi connectivity index (χ0) is 21.7. The van der Waals surface area contributed by atoms with Gasteiger partial charge in [-0.3, -0.25) is 4.79 Å². The predicted molar refractivity (Wildman–Crippen MR) is 130 cm³/mol. The molecule has 8 heteroatoms. The van der Waals surface area contributed by atoms with Gasteiger partial charge in [-0.25, -0.2) is 4.99 Å². The number of rotatable bonds is 7. The van der Waals surface area contributed by atoms with Gasteiger partial charge in [0.25, 0.3) is 5.91 Å². The Labute approximate surface area is 194 Å². The molecule has 158 valence electrons. The van der Waals surface area contributed by atoms with Crippen molar-refractivity contribution in [1.29, 1.82) is 0 Å². The van der Waals surface area contributed by atoms with Crippen LogP contribution in [0.3, 0.4) is 0 Å². The number of amides is 1. The topological polar surface area (TPSA) is 69.2 Å². The Hall–Kier alpha value is -2.20. The van der Waals surface area contributed by atoms with E-state index in [2.05, 4.69) is 39.8 Å². The molecule has 0 radical (unpaired) electrons. The van der Waals surface area contributed by atoms with Crippen LogP contribution in [0.15, 0.2) is 46.3 Å². The number of benzene rings is 2. The minimum absolute atomic E-state index is 0.0875. The fraction of sp³-hybridized carbons (Fsp3) is 0.273. The van der Waals surface area contributed by atoms with Gasteiger partial charge in [0.1, 0.15) is 5.75 Å². The molecule has 1 amide bonds. The smallest absolute Gasteiger partial charge is 0.264 e. The average Bonchev–Trinajstić information content (AvgIpc) is 3.08. The van der Waals surface area contributed by atoms with Crippen LogP contribution in [0.25, 0.3) is 6.08 Å². The lowest BCUT2D eigenvalue weighted by Crippen LogP contribution is -2.19. The van der Waals surface area contributed by atoms with Gasteiger partial charge in [0.15, 0.2) is 16.7 Å². The van der Waals surface area contributed by atoms with Crippen LogP contribution in [-0.4, -0.2) is 31.4 Å². The van der Waals surface area contributed by atoms with Crippen LogP contribution >= 0.6 is 34.4 Å². The van der Waals surface area contributed by atoms with Crippen molar-refractivity contribution in [3.05, 3.63) is 50.4 Å². The maximum Gasteiger partial charge on any atom is 0.264 e. The van der Waals surface area contributed by atoms with E-state index in [0.717, 1.165) is 32.7 Å². The summed E-state index contributed by atoms with van der Waals surface area (Å²) in [5, 5.41) is 3.34. The van der Waals surface area contributed by atoms with E-state index in [1.54, 1.807) is 14.2 Å². The molecule has 0 saturated carbocycles. The first kappa shape index (κ1) is 22.5. The van der Waals surface area contributed by atoms with E-state index in [4.69, 9.17) is 14.2 Å². The second kappa shape index (κ2) is 10.2. The standard InChI is InChI=1S/C22H23IN2O4S/c1-5-13(2)29-20-17(23)10-14(11-18(20)28-4)12-19-21(26)25-22(30-19)24-15-6-8-16(27-3)9-7-15/h6-13H,5H2,1-4H3,(H,24,25,26)/b19-12+/t13-/m0/s1. The molecule has 1 heterocycles. The number of halogens is 1. The zero-order valence-corrected chi connectivity index (χ0v) is 20.2. The highest BCUT2D eigenvalue weighted by atomic mass is 127. The lowest BCUT2D eigenvalue weighted by Gasteiger charge is -2.17. The van der Waals surface area contributed by atoms with Crippen LogP contribution in [0.4, 0.5) is 5.69 Å². The molecule has 0 aromatic heterocycles. The van der Waals surface area contributed by atoms with Gasteiger partial charge in [-0.1, -0.05) is 6.92 Å². The van der Waals surface area contributed by atoms with Gasteiger partial charge in [-0.2, -0.15) is 0 Å². The molecule has 1 aliphatic rings. The van der Waals surface area contributed by atoms with Crippen molar-refractivity contribution in [2.75, 3.05) is 14.2 Å². The molecule has 0 spiro atoms. The summed E-state index contributed by atoms with van der Waals surface area (Å²) < 4.78 is 17.6. The minimum Gasteiger partial charge on any atom is -0.497 e.